The number of aromatic nitrogens is 1. The Balaban J connectivity index is 2.69. The van der Waals surface area contributed by atoms with E-state index >= 15 is 0 Å². The summed E-state index contributed by atoms with van der Waals surface area (Å²) in [5.74, 6) is 0. The number of hydrogen-bond acceptors (Lipinski definition) is 3. The van der Waals surface area contributed by atoms with Crippen molar-refractivity contribution >= 4 is 10.0 Å². The van der Waals surface area contributed by atoms with E-state index in [0.29, 0.717) is 18.0 Å². The lowest BCUT2D eigenvalue weighted by Gasteiger charge is -2.22. The minimum atomic E-state index is -3.42. The maximum absolute atomic E-state index is 12.1. The van der Waals surface area contributed by atoms with E-state index in [2.05, 4.69) is 21.9 Å². The van der Waals surface area contributed by atoms with Gasteiger partial charge in [0.2, 0.25) is 10.0 Å². The van der Waals surface area contributed by atoms with E-state index in [1.807, 2.05) is 20.8 Å². The highest BCUT2D eigenvalue weighted by Crippen LogP contribution is 2.19. The summed E-state index contributed by atoms with van der Waals surface area (Å²) in [5.41, 5.74) is 0.840. The Morgan fingerprint density at radius 2 is 2.00 bits per heavy atom. The molecule has 0 saturated heterocycles. The average Bonchev–Trinajstić information content (AvgIpc) is 2.84. The third-order valence-electron chi connectivity index (χ3n) is 3.29. The molecule has 1 rings (SSSR count). The molecule has 0 aromatic carbocycles. The monoisotopic (exact) mass is 287 g/mol. The van der Waals surface area contributed by atoms with Gasteiger partial charge in [-0.15, -0.1) is 0 Å². The first kappa shape index (κ1) is 16.2. The van der Waals surface area contributed by atoms with Crippen molar-refractivity contribution in [2.24, 2.45) is 5.41 Å². The molecule has 0 radical (unpaired) electrons. The molecule has 0 unspecified atom stereocenters. The highest BCUT2D eigenvalue weighted by Gasteiger charge is 2.21. The zero-order valence-corrected chi connectivity index (χ0v) is 13.0. The Hall–Kier alpha value is -0.850. The van der Waals surface area contributed by atoms with Gasteiger partial charge in [0.1, 0.15) is 0 Å². The van der Waals surface area contributed by atoms with Gasteiger partial charge in [-0.25, -0.2) is 13.1 Å². The van der Waals surface area contributed by atoms with Crippen LogP contribution >= 0.6 is 0 Å². The molecule has 6 heteroatoms. The van der Waals surface area contributed by atoms with Gasteiger partial charge in [0, 0.05) is 25.0 Å². The van der Waals surface area contributed by atoms with Gasteiger partial charge in [-0.2, -0.15) is 0 Å². The van der Waals surface area contributed by atoms with Gasteiger partial charge in [-0.3, -0.25) is 0 Å². The second-order valence-corrected chi connectivity index (χ2v) is 7.25. The molecular formula is C13H25N3O2S. The summed E-state index contributed by atoms with van der Waals surface area (Å²) in [4.78, 5) is 3.27. The van der Waals surface area contributed by atoms with Crippen LogP contribution in [-0.4, -0.2) is 26.5 Å². The van der Waals surface area contributed by atoms with E-state index < -0.39 is 10.0 Å². The molecule has 1 aromatic heterocycles. The van der Waals surface area contributed by atoms with Gasteiger partial charge >= 0.3 is 0 Å². The first-order valence-electron chi connectivity index (χ1n) is 6.68. The second-order valence-electron chi connectivity index (χ2n) is 5.48. The van der Waals surface area contributed by atoms with Crippen molar-refractivity contribution in [2.45, 2.75) is 45.6 Å². The molecule has 0 aliphatic rings. The highest BCUT2D eigenvalue weighted by atomic mass is 32.2. The predicted molar refractivity (Wildman–Crippen MR) is 77.4 cm³/mol. The van der Waals surface area contributed by atoms with Gasteiger partial charge in [0.25, 0.3) is 0 Å². The number of rotatable bonds is 8. The molecular weight excluding hydrogens is 262 g/mol. The zero-order valence-electron chi connectivity index (χ0n) is 12.2. The van der Waals surface area contributed by atoms with Crippen LogP contribution in [-0.2, 0) is 16.6 Å². The normalized spacial score (nSPS) is 12.8. The van der Waals surface area contributed by atoms with E-state index in [-0.39, 0.29) is 5.41 Å². The van der Waals surface area contributed by atoms with Gasteiger partial charge in [0.05, 0.1) is 4.90 Å². The Labute approximate surface area is 116 Å². The predicted octanol–water partition coefficient (Wildman–Crippen LogP) is 1.84. The molecule has 110 valence electrons. The van der Waals surface area contributed by atoms with Crippen LogP contribution in [0.2, 0.25) is 0 Å². The summed E-state index contributed by atoms with van der Waals surface area (Å²) in [5, 5.41) is 3.15. The van der Waals surface area contributed by atoms with Crippen molar-refractivity contribution in [3.63, 3.8) is 0 Å². The number of nitrogens with one attached hydrogen (secondary N) is 3. The Morgan fingerprint density at radius 1 is 1.32 bits per heavy atom. The summed E-state index contributed by atoms with van der Waals surface area (Å²) in [6, 6.07) is 1.67. The van der Waals surface area contributed by atoms with Crippen molar-refractivity contribution in [2.75, 3.05) is 13.1 Å². The molecule has 0 bridgehead atoms. The van der Waals surface area contributed by atoms with Crippen molar-refractivity contribution in [3.05, 3.63) is 18.0 Å². The Kier molecular flexibility index (Phi) is 5.58. The first-order valence-corrected chi connectivity index (χ1v) is 8.16. The van der Waals surface area contributed by atoms with Crippen LogP contribution in [0.3, 0.4) is 0 Å². The van der Waals surface area contributed by atoms with Gasteiger partial charge in [-0.1, -0.05) is 27.7 Å². The molecule has 3 N–H and O–H groups in total. The fourth-order valence-electron chi connectivity index (χ4n) is 1.43. The van der Waals surface area contributed by atoms with Crippen molar-refractivity contribution in [3.8, 4) is 0 Å². The topological polar surface area (TPSA) is 74.0 Å². The molecule has 1 heterocycles. The number of hydrogen-bond donors (Lipinski definition) is 3. The van der Waals surface area contributed by atoms with Crippen LogP contribution in [0.4, 0.5) is 0 Å². The lowest BCUT2D eigenvalue weighted by Crippen LogP contribution is -2.33. The SMILES string of the molecule is CCNCc1cc(S(=O)(=O)NCC(C)(C)CC)c[nH]1. The second kappa shape index (κ2) is 6.54. The molecule has 0 saturated carbocycles. The van der Waals surface area contributed by atoms with Gasteiger partial charge in [0.15, 0.2) is 0 Å². The molecule has 0 atom stereocenters. The summed E-state index contributed by atoms with van der Waals surface area (Å²) in [7, 11) is -3.42. The summed E-state index contributed by atoms with van der Waals surface area (Å²) in [6.07, 6.45) is 2.46. The molecule has 0 aliphatic heterocycles. The first-order chi connectivity index (χ1) is 8.80. The lowest BCUT2D eigenvalue weighted by atomic mass is 9.91. The van der Waals surface area contributed by atoms with Crippen LogP contribution in [0.25, 0.3) is 0 Å². The molecule has 0 amide bonds. The maximum Gasteiger partial charge on any atom is 0.242 e. The Bertz CT molecular complexity index is 492. The number of aromatic amines is 1. The fourth-order valence-corrected chi connectivity index (χ4v) is 2.69. The number of sulfonamides is 1. The van der Waals surface area contributed by atoms with E-state index in [1.165, 1.54) is 6.20 Å². The molecule has 5 nitrogen and oxygen atoms in total. The van der Waals surface area contributed by atoms with E-state index in [9.17, 15) is 8.42 Å². The fraction of sp³-hybridized carbons (Fsp3) is 0.692. The minimum Gasteiger partial charge on any atom is -0.363 e. The van der Waals surface area contributed by atoms with Crippen molar-refractivity contribution in [1.82, 2.24) is 15.0 Å². The molecule has 1 aromatic rings. The van der Waals surface area contributed by atoms with Crippen molar-refractivity contribution < 1.29 is 8.42 Å². The molecule has 0 fully saturated rings. The standard InChI is InChI=1S/C13H25N3O2S/c1-5-13(3,4)10-16-19(17,18)12-7-11(15-9-12)8-14-6-2/h7,9,14-16H,5-6,8,10H2,1-4H3. The third-order valence-corrected chi connectivity index (χ3v) is 4.67. The van der Waals surface area contributed by atoms with E-state index in [4.69, 9.17) is 0 Å². The van der Waals surface area contributed by atoms with Crippen molar-refractivity contribution in [1.29, 1.82) is 0 Å². The highest BCUT2D eigenvalue weighted by molar-refractivity contribution is 7.89. The number of H-pyrrole nitrogens is 1. The van der Waals surface area contributed by atoms with Crippen LogP contribution in [0.1, 0.15) is 39.8 Å². The van der Waals surface area contributed by atoms with Crippen LogP contribution in [0.5, 0.6) is 0 Å². The van der Waals surface area contributed by atoms with Crippen LogP contribution in [0, 0.1) is 5.41 Å². The van der Waals surface area contributed by atoms with Gasteiger partial charge in [-0.05, 0) is 24.4 Å². The Morgan fingerprint density at radius 3 is 2.58 bits per heavy atom. The molecule has 19 heavy (non-hydrogen) atoms. The van der Waals surface area contributed by atoms with Gasteiger partial charge < -0.3 is 10.3 Å². The lowest BCUT2D eigenvalue weighted by molar-refractivity contribution is 0.350. The van der Waals surface area contributed by atoms with E-state index in [0.717, 1.165) is 18.7 Å². The smallest absolute Gasteiger partial charge is 0.242 e. The largest absolute Gasteiger partial charge is 0.363 e. The minimum absolute atomic E-state index is 0.0318. The maximum atomic E-state index is 12.1. The molecule has 0 aliphatic carbocycles. The van der Waals surface area contributed by atoms with E-state index in [1.54, 1.807) is 6.07 Å². The summed E-state index contributed by atoms with van der Waals surface area (Å²) >= 11 is 0. The molecule has 0 spiro atoms. The average molecular weight is 287 g/mol. The quantitative estimate of drug-likeness (QED) is 0.683. The third kappa shape index (κ3) is 4.97. The summed E-state index contributed by atoms with van der Waals surface area (Å²) < 4.78 is 26.9. The van der Waals surface area contributed by atoms with Crippen LogP contribution in [0.15, 0.2) is 17.2 Å². The van der Waals surface area contributed by atoms with Crippen LogP contribution < -0.4 is 10.0 Å². The zero-order chi connectivity index (χ0) is 14.5. The summed E-state index contributed by atoms with van der Waals surface area (Å²) in [6.45, 7) is 10.1.